The normalized spacial score (nSPS) is 15.0. The highest BCUT2D eigenvalue weighted by molar-refractivity contribution is 6.09. The first kappa shape index (κ1) is 23.7. The summed E-state index contributed by atoms with van der Waals surface area (Å²) in [6, 6.07) is 27.2. The molecule has 0 spiro atoms. The lowest BCUT2D eigenvalue weighted by atomic mass is 9.94. The summed E-state index contributed by atoms with van der Waals surface area (Å²) in [5, 5.41) is 0. The van der Waals surface area contributed by atoms with E-state index in [4.69, 9.17) is 0 Å². The van der Waals surface area contributed by atoms with Gasteiger partial charge in [0.2, 0.25) is 5.91 Å². The van der Waals surface area contributed by atoms with Crippen LogP contribution in [0.2, 0.25) is 0 Å². The predicted octanol–water partition coefficient (Wildman–Crippen LogP) is 4.79. The summed E-state index contributed by atoms with van der Waals surface area (Å²) in [5.74, 6) is -0.163. The van der Waals surface area contributed by atoms with Gasteiger partial charge in [0, 0.05) is 43.9 Å². The molecular weight excluding hydrogens is 420 g/mol. The third kappa shape index (κ3) is 5.64. The molecule has 0 aromatic heterocycles. The number of hydrogen-bond donors (Lipinski definition) is 0. The Morgan fingerprint density at radius 1 is 0.781 bits per heavy atom. The van der Waals surface area contributed by atoms with Gasteiger partial charge in [-0.25, -0.2) is 0 Å². The molecule has 1 saturated heterocycles. The number of rotatable bonds is 6. The zero-order valence-corrected chi connectivity index (χ0v) is 19.1. The number of hydrogen-bond acceptors (Lipinski definition) is 3. The van der Waals surface area contributed by atoms with Crippen LogP contribution in [-0.2, 0) is 11.3 Å². The van der Waals surface area contributed by atoms with Crippen molar-refractivity contribution in [1.82, 2.24) is 9.80 Å². The lowest BCUT2D eigenvalue weighted by Gasteiger charge is -2.36. The van der Waals surface area contributed by atoms with Crippen LogP contribution in [0.15, 0.2) is 84.9 Å². The van der Waals surface area contributed by atoms with Gasteiger partial charge in [0.15, 0.2) is 5.78 Å². The minimum atomic E-state index is -0.274. The number of carbonyl (C=O) groups excluding carboxylic acids is 2. The molecule has 1 heterocycles. The summed E-state index contributed by atoms with van der Waals surface area (Å²) in [6.07, 6.45) is 0. The molecule has 5 heteroatoms. The van der Waals surface area contributed by atoms with Crippen LogP contribution < -0.4 is 0 Å². The number of ketones is 1. The lowest BCUT2D eigenvalue weighted by Crippen LogP contribution is -2.49. The smallest absolute Gasteiger partial charge is 0.229 e. The Balaban J connectivity index is 0.00000289. The topological polar surface area (TPSA) is 40.6 Å². The summed E-state index contributed by atoms with van der Waals surface area (Å²) in [6.45, 7) is 6.07. The summed E-state index contributed by atoms with van der Waals surface area (Å²) in [5.41, 5.74) is 3.47. The molecule has 4 nitrogen and oxygen atoms in total. The van der Waals surface area contributed by atoms with E-state index in [9.17, 15) is 9.59 Å². The average Bonchev–Trinajstić information content (AvgIpc) is 2.84. The average molecular weight is 449 g/mol. The van der Waals surface area contributed by atoms with Crippen LogP contribution in [0.3, 0.4) is 0 Å². The van der Waals surface area contributed by atoms with Crippen LogP contribution in [0.5, 0.6) is 0 Å². The second-order valence-electron chi connectivity index (χ2n) is 8.13. The maximum Gasteiger partial charge on any atom is 0.229 e. The molecule has 3 aromatic carbocycles. The molecule has 1 aliphatic heterocycles. The molecule has 0 radical (unpaired) electrons. The van der Waals surface area contributed by atoms with E-state index in [2.05, 4.69) is 29.2 Å². The molecule has 1 amide bonds. The van der Waals surface area contributed by atoms with Crippen LogP contribution >= 0.6 is 12.4 Å². The van der Waals surface area contributed by atoms with Gasteiger partial charge >= 0.3 is 0 Å². The molecule has 0 N–H and O–H groups in total. The first-order valence-corrected chi connectivity index (χ1v) is 10.9. The van der Waals surface area contributed by atoms with Gasteiger partial charge in [-0.3, -0.25) is 14.5 Å². The van der Waals surface area contributed by atoms with Crippen LogP contribution in [-0.4, -0.2) is 47.7 Å². The standard InChI is InChI=1S/C27H28N2O2.ClH/c1-21(24-13-8-14-25(19-24)26(30)23-11-6-3-7-12-23)27(31)29-17-15-28(16-18-29)20-22-9-4-2-5-10-22;/h2-14,19,21H,15-18,20H2,1H3;1H. The first-order valence-electron chi connectivity index (χ1n) is 10.9. The van der Waals surface area contributed by atoms with E-state index >= 15 is 0 Å². The second-order valence-corrected chi connectivity index (χ2v) is 8.13. The largest absolute Gasteiger partial charge is 0.340 e. The van der Waals surface area contributed by atoms with Crippen molar-refractivity contribution in [3.63, 3.8) is 0 Å². The molecule has 0 saturated carbocycles. The van der Waals surface area contributed by atoms with Crippen molar-refractivity contribution in [2.24, 2.45) is 0 Å². The Morgan fingerprint density at radius 2 is 1.38 bits per heavy atom. The fraction of sp³-hybridized carbons (Fsp3) is 0.259. The molecule has 3 aromatic rings. The molecule has 1 atom stereocenters. The van der Waals surface area contributed by atoms with Crippen molar-refractivity contribution in [2.75, 3.05) is 26.2 Å². The highest BCUT2D eigenvalue weighted by atomic mass is 35.5. The highest BCUT2D eigenvalue weighted by Gasteiger charge is 2.26. The zero-order chi connectivity index (χ0) is 21.6. The van der Waals surface area contributed by atoms with Crippen molar-refractivity contribution in [3.05, 3.63) is 107 Å². The predicted molar refractivity (Wildman–Crippen MR) is 130 cm³/mol. The van der Waals surface area contributed by atoms with Gasteiger partial charge in [0.1, 0.15) is 0 Å². The van der Waals surface area contributed by atoms with Crippen LogP contribution in [0, 0.1) is 0 Å². The molecular formula is C27H29ClN2O2. The molecule has 1 fully saturated rings. The molecule has 4 rings (SSSR count). The van der Waals surface area contributed by atoms with Gasteiger partial charge in [-0.1, -0.05) is 78.9 Å². The minimum Gasteiger partial charge on any atom is -0.340 e. The summed E-state index contributed by atoms with van der Waals surface area (Å²) >= 11 is 0. The van der Waals surface area contributed by atoms with Crippen molar-refractivity contribution in [2.45, 2.75) is 19.4 Å². The van der Waals surface area contributed by atoms with Crippen LogP contribution in [0.4, 0.5) is 0 Å². The van der Waals surface area contributed by atoms with Gasteiger partial charge < -0.3 is 4.90 Å². The molecule has 0 bridgehead atoms. The minimum absolute atomic E-state index is 0. The van der Waals surface area contributed by atoms with Crippen molar-refractivity contribution >= 4 is 24.1 Å². The third-order valence-corrected chi connectivity index (χ3v) is 5.99. The van der Waals surface area contributed by atoms with Crippen molar-refractivity contribution in [3.8, 4) is 0 Å². The number of halogens is 1. The maximum atomic E-state index is 13.1. The Hall–Kier alpha value is -2.95. The number of amides is 1. The fourth-order valence-electron chi connectivity index (χ4n) is 4.09. The van der Waals surface area contributed by atoms with E-state index in [0.29, 0.717) is 11.1 Å². The monoisotopic (exact) mass is 448 g/mol. The number of benzene rings is 3. The van der Waals surface area contributed by atoms with E-state index in [1.165, 1.54) is 5.56 Å². The Labute approximate surface area is 196 Å². The SMILES string of the molecule is CC(C(=O)N1CCN(Cc2ccccc2)CC1)c1cccc(C(=O)c2ccccc2)c1.Cl. The zero-order valence-electron chi connectivity index (χ0n) is 18.3. The second kappa shape index (κ2) is 11.1. The summed E-state index contributed by atoms with van der Waals surface area (Å²) in [4.78, 5) is 30.3. The Kier molecular flexibility index (Phi) is 8.20. The molecule has 1 aliphatic rings. The highest BCUT2D eigenvalue weighted by Crippen LogP contribution is 2.22. The lowest BCUT2D eigenvalue weighted by molar-refractivity contribution is -0.134. The van der Waals surface area contributed by atoms with Crippen LogP contribution in [0.1, 0.15) is 39.9 Å². The van der Waals surface area contributed by atoms with E-state index in [1.807, 2.05) is 72.5 Å². The quantitative estimate of drug-likeness (QED) is 0.509. The van der Waals surface area contributed by atoms with E-state index < -0.39 is 0 Å². The molecule has 166 valence electrons. The van der Waals surface area contributed by atoms with Gasteiger partial charge in [0.25, 0.3) is 0 Å². The number of carbonyl (C=O) groups is 2. The first-order chi connectivity index (χ1) is 15.1. The van der Waals surface area contributed by atoms with Gasteiger partial charge in [0.05, 0.1) is 5.92 Å². The van der Waals surface area contributed by atoms with Gasteiger partial charge in [-0.2, -0.15) is 0 Å². The summed E-state index contributed by atoms with van der Waals surface area (Å²) < 4.78 is 0. The maximum absolute atomic E-state index is 13.1. The number of nitrogens with zero attached hydrogens (tertiary/aromatic N) is 2. The molecule has 32 heavy (non-hydrogen) atoms. The third-order valence-electron chi connectivity index (χ3n) is 5.99. The Bertz CT molecular complexity index is 1030. The van der Waals surface area contributed by atoms with E-state index in [-0.39, 0.29) is 30.0 Å². The molecule has 1 unspecified atom stereocenters. The number of piperazine rings is 1. The van der Waals surface area contributed by atoms with Gasteiger partial charge in [-0.15, -0.1) is 12.4 Å². The van der Waals surface area contributed by atoms with E-state index in [0.717, 1.165) is 38.3 Å². The van der Waals surface area contributed by atoms with E-state index in [1.54, 1.807) is 0 Å². The fourth-order valence-corrected chi connectivity index (χ4v) is 4.09. The van der Waals surface area contributed by atoms with Crippen molar-refractivity contribution < 1.29 is 9.59 Å². The Morgan fingerprint density at radius 3 is 2.03 bits per heavy atom. The van der Waals surface area contributed by atoms with Crippen LogP contribution in [0.25, 0.3) is 0 Å². The van der Waals surface area contributed by atoms with Crippen molar-refractivity contribution in [1.29, 1.82) is 0 Å². The van der Waals surface area contributed by atoms with Gasteiger partial charge in [-0.05, 0) is 24.1 Å². The summed E-state index contributed by atoms with van der Waals surface area (Å²) in [7, 11) is 0. The molecule has 0 aliphatic carbocycles.